The van der Waals surface area contributed by atoms with Gasteiger partial charge in [0.25, 0.3) is 0 Å². The number of phenols is 2. The summed E-state index contributed by atoms with van der Waals surface area (Å²) >= 11 is 0. The van der Waals surface area contributed by atoms with E-state index in [2.05, 4.69) is 24.4 Å². The van der Waals surface area contributed by atoms with Crippen LogP contribution in [0.15, 0.2) is 30.4 Å². The first kappa shape index (κ1) is 45.0. The van der Waals surface area contributed by atoms with Gasteiger partial charge >= 0.3 is 0 Å². The molecule has 13 heteroatoms. The number of phenolic OH excluding ortho intramolecular Hbond substituents is 2. The smallest absolute Gasteiger partial charge is 0.220 e. The monoisotopic (exact) mass is 806 g/mol. The number of ketones is 3. The largest absolute Gasteiger partial charge is 0.507 e. The molecule has 0 saturated carbocycles. The van der Waals surface area contributed by atoms with Gasteiger partial charge in [0, 0.05) is 42.4 Å². The molecule has 1 radical (unpaired) electrons. The number of aliphatic hydroxyl groups excluding tert-OH is 2. The summed E-state index contributed by atoms with van der Waals surface area (Å²) in [6.45, 7) is 2.74. The highest BCUT2D eigenvalue weighted by Gasteiger charge is 2.50. The second kappa shape index (κ2) is 20.7. The molecule has 2 aromatic rings. The summed E-state index contributed by atoms with van der Waals surface area (Å²) in [5.41, 5.74) is -4.07. The molecule has 1 amide bonds. The minimum atomic E-state index is -2.43. The number of carbonyl (C=O) groups excluding carboxylic acids is 4. The highest BCUT2D eigenvalue weighted by molar-refractivity contribution is 6.31. The number of methoxy groups -OCH3 is 1. The van der Waals surface area contributed by atoms with Crippen molar-refractivity contribution in [2.75, 3.05) is 13.7 Å². The molecule has 6 atom stereocenters. The Morgan fingerprint density at radius 1 is 0.914 bits per heavy atom. The molecule has 0 spiro atoms. The third kappa shape index (κ3) is 10.2. The van der Waals surface area contributed by atoms with E-state index < -0.39 is 89.2 Å². The van der Waals surface area contributed by atoms with E-state index in [9.17, 15) is 44.7 Å². The zero-order valence-electron chi connectivity index (χ0n) is 34.0. The average Bonchev–Trinajstić information content (AvgIpc) is 3.20. The molecule has 13 nitrogen and oxygen atoms in total. The number of aliphatic hydroxyl groups is 3. The number of ether oxygens (including phenoxy) is 3. The summed E-state index contributed by atoms with van der Waals surface area (Å²) in [6, 6.07) is 3.55. The molecular formula is C45H60NO12. The SMILES string of the molecule is CCCCCCCC/C=C/CCCCCCCC(=O)N[C@H]1C[C@H](OC2[CH][C@](O)(C(=O)CO)Cc3c(O)c4c(c(O)c32)C(=O)c2c(OC)cccc2C4=O)O[C@@H](C)[C@H]1O. The molecule has 1 saturated heterocycles. The van der Waals surface area contributed by atoms with Crippen LogP contribution in [0.4, 0.5) is 0 Å². The van der Waals surface area contributed by atoms with Crippen LogP contribution in [-0.2, 0) is 25.5 Å². The van der Waals surface area contributed by atoms with E-state index in [0.717, 1.165) is 44.9 Å². The molecule has 1 fully saturated rings. The summed E-state index contributed by atoms with van der Waals surface area (Å²) in [7, 11) is 1.32. The molecule has 1 aliphatic heterocycles. The van der Waals surface area contributed by atoms with Gasteiger partial charge < -0.3 is 45.1 Å². The van der Waals surface area contributed by atoms with E-state index in [1.807, 2.05) is 0 Å². The number of benzene rings is 2. The lowest BCUT2D eigenvalue weighted by Gasteiger charge is -2.42. The predicted molar refractivity (Wildman–Crippen MR) is 215 cm³/mol. The van der Waals surface area contributed by atoms with Gasteiger partial charge in [0.05, 0.1) is 42.0 Å². The molecule has 2 aromatic carbocycles. The van der Waals surface area contributed by atoms with E-state index in [0.29, 0.717) is 6.42 Å². The van der Waals surface area contributed by atoms with E-state index in [-0.39, 0.29) is 46.8 Å². The Hall–Kier alpha value is -4.14. The average molecular weight is 807 g/mol. The van der Waals surface area contributed by atoms with Crippen molar-refractivity contribution in [2.45, 2.75) is 153 Å². The highest BCUT2D eigenvalue weighted by Crippen LogP contribution is 2.52. The van der Waals surface area contributed by atoms with Crippen molar-refractivity contribution in [3.63, 3.8) is 0 Å². The van der Waals surface area contributed by atoms with Gasteiger partial charge in [-0.2, -0.15) is 0 Å². The van der Waals surface area contributed by atoms with E-state index in [1.165, 1.54) is 63.8 Å². The third-order valence-corrected chi connectivity index (χ3v) is 11.6. The van der Waals surface area contributed by atoms with Gasteiger partial charge in [0.1, 0.15) is 35.6 Å². The van der Waals surface area contributed by atoms with Gasteiger partial charge in [-0.15, -0.1) is 0 Å². The molecule has 317 valence electrons. The third-order valence-electron chi connectivity index (χ3n) is 11.6. The van der Waals surface area contributed by atoms with Crippen molar-refractivity contribution >= 4 is 23.3 Å². The number of hydrogen-bond acceptors (Lipinski definition) is 12. The Kier molecular flexibility index (Phi) is 16.0. The minimum absolute atomic E-state index is 0.0724. The first-order chi connectivity index (χ1) is 27.9. The second-order valence-electron chi connectivity index (χ2n) is 15.8. The second-order valence-corrected chi connectivity index (χ2v) is 15.8. The van der Waals surface area contributed by atoms with Crippen molar-refractivity contribution in [3.8, 4) is 17.2 Å². The number of nitrogens with one attached hydrogen (secondary N) is 1. The number of amides is 1. The molecule has 6 N–H and O–H groups in total. The number of aromatic hydroxyl groups is 2. The fourth-order valence-electron chi connectivity index (χ4n) is 8.28. The van der Waals surface area contributed by atoms with Crippen LogP contribution < -0.4 is 10.1 Å². The molecule has 58 heavy (non-hydrogen) atoms. The molecule has 1 unspecified atom stereocenters. The number of carbonyl (C=O) groups is 4. The molecule has 5 rings (SSSR count). The van der Waals surface area contributed by atoms with Crippen LogP contribution in [-0.4, -0.2) is 92.6 Å². The van der Waals surface area contributed by atoms with Crippen molar-refractivity contribution in [1.29, 1.82) is 0 Å². The molecule has 0 aromatic heterocycles. The Morgan fingerprint density at radius 3 is 2.21 bits per heavy atom. The van der Waals surface area contributed by atoms with Gasteiger partial charge in [-0.05, 0) is 45.1 Å². The highest BCUT2D eigenvalue weighted by atomic mass is 16.7. The summed E-state index contributed by atoms with van der Waals surface area (Å²) in [6.07, 6.45) is 15.2. The summed E-state index contributed by atoms with van der Waals surface area (Å²) in [4.78, 5) is 53.6. The number of Topliss-reactive ketones (excluding diaryl/α,β-unsaturated/α-hetero) is 1. The molecule has 2 aliphatic carbocycles. The minimum Gasteiger partial charge on any atom is -0.507 e. The predicted octanol–water partition coefficient (Wildman–Crippen LogP) is 6.01. The standard InChI is InChI=1S/C45H60NO12/c1-4-5-6-7-8-9-10-11-12-13-14-15-16-17-18-22-34(49)46-30-23-35(57-27(2)40(30)50)58-32-25-45(55,33(48)26-47)24-29-37(32)44(54)39-38(42(29)52)41(51)28-20-19-21-31(56-3)36(28)43(39)53/h11-12,19-21,25,27,30,32,35,40,47,50,52,54-55H,4-10,13-18,22-24,26H2,1-3H3,(H,46,49)/b12-11+/t27-,30-,32?,35-,40+,45-/m0/s1. The Balaban J connectivity index is 1.22. The van der Waals surface area contributed by atoms with Crippen molar-refractivity contribution in [1.82, 2.24) is 5.32 Å². The zero-order chi connectivity index (χ0) is 42.0. The number of unbranched alkanes of at least 4 members (excludes halogenated alkanes) is 11. The molecule has 3 aliphatic rings. The fourth-order valence-corrected chi connectivity index (χ4v) is 8.28. The Morgan fingerprint density at radius 2 is 1.55 bits per heavy atom. The maximum atomic E-state index is 13.9. The lowest BCUT2D eigenvalue weighted by atomic mass is 9.72. The fraction of sp³-hybridized carbons (Fsp3) is 0.578. The van der Waals surface area contributed by atoms with Crippen LogP contribution in [0.2, 0.25) is 0 Å². The van der Waals surface area contributed by atoms with Crippen LogP contribution in [0, 0.1) is 6.42 Å². The maximum absolute atomic E-state index is 13.9. The summed E-state index contributed by atoms with van der Waals surface area (Å²) in [5, 5.41) is 58.5. The molecular weight excluding hydrogens is 746 g/mol. The Labute approximate surface area is 340 Å². The Bertz CT molecular complexity index is 1820. The number of rotatable bonds is 21. The quantitative estimate of drug-likeness (QED) is 0.0416. The summed E-state index contributed by atoms with van der Waals surface area (Å²) < 4.78 is 17.5. The van der Waals surface area contributed by atoms with Crippen molar-refractivity contribution in [2.24, 2.45) is 0 Å². The van der Waals surface area contributed by atoms with E-state index in [1.54, 1.807) is 6.92 Å². The lowest BCUT2D eigenvalue weighted by Crippen LogP contribution is -2.56. The number of fused-ring (bicyclic) bond motifs is 3. The first-order valence-electron chi connectivity index (χ1n) is 20.9. The summed E-state index contributed by atoms with van der Waals surface area (Å²) in [5.74, 6) is -4.27. The van der Waals surface area contributed by atoms with Gasteiger partial charge in [0.15, 0.2) is 17.9 Å². The first-order valence-corrected chi connectivity index (χ1v) is 20.9. The van der Waals surface area contributed by atoms with Gasteiger partial charge in [-0.1, -0.05) is 82.6 Å². The van der Waals surface area contributed by atoms with Gasteiger partial charge in [-0.25, -0.2) is 0 Å². The maximum Gasteiger partial charge on any atom is 0.220 e. The van der Waals surface area contributed by atoms with Crippen LogP contribution in [0.1, 0.15) is 159 Å². The lowest BCUT2D eigenvalue weighted by molar-refractivity contribution is -0.242. The number of allylic oxidation sites excluding steroid dienone is 2. The van der Waals surface area contributed by atoms with Crippen LogP contribution in [0.5, 0.6) is 17.2 Å². The van der Waals surface area contributed by atoms with Crippen molar-refractivity contribution in [3.05, 3.63) is 70.2 Å². The van der Waals surface area contributed by atoms with Crippen LogP contribution in [0.3, 0.4) is 0 Å². The van der Waals surface area contributed by atoms with Gasteiger partial charge in [0.2, 0.25) is 11.7 Å². The zero-order valence-corrected chi connectivity index (χ0v) is 34.0. The van der Waals surface area contributed by atoms with Crippen molar-refractivity contribution < 1.29 is 58.9 Å². The molecule has 1 heterocycles. The van der Waals surface area contributed by atoms with Gasteiger partial charge in [-0.3, -0.25) is 19.2 Å². The van der Waals surface area contributed by atoms with E-state index >= 15 is 0 Å². The van der Waals surface area contributed by atoms with Crippen LogP contribution in [0.25, 0.3) is 0 Å². The molecule has 0 bridgehead atoms. The van der Waals surface area contributed by atoms with Crippen LogP contribution >= 0.6 is 0 Å². The normalized spacial score (nSPS) is 24.0. The number of hydrogen-bond donors (Lipinski definition) is 6. The van der Waals surface area contributed by atoms with E-state index in [4.69, 9.17) is 14.2 Å². The topological polar surface area (TPSA) is 209 Å².